The minimum absolute atomic E-state index is 0.0920. The van der Waals surface area contributed by atoms with Gasteiger partial charge < -0.3 is 19.9 Å². The molecule has 0 spiro atoms. The summed E-state index contributed by atoms with van der Waals surface area (Å²) in [6, 6.07) is 6.19. The molecule has 4 aromatic heterocycles. The third kappa shape index (κ3) is 3.21. The molecular weight excluding hydrogens is 453 g/mol. The smallest absolute Gasteiger partial charge is 0.245 e. The van der Waals surface area contributed by atoms with Gasteiger partial charge in [-0.1, -0.05) is 12.1 Å². The third-order valence-electron chi connectivity index (χ3n) is 6.03. The summed E-state index contributed by atoms with van der Waals surface area (Å²) in [4.78, 5) is 31.1. The second kappa shape index (κ2) is 7.38. The molecule has 0 saturated carbocycles. The Kier molecular flexibility index (Phi) is 4.40. The van der Waals surface area contributed by atoms with Crippen LogP contribution in [0.15, 0.2) is 47.3 Å². The summed E-state index contributed by atoms with van der Waals surface area (Å²) in [5, 5.41) is 10.6. The number of hydrogen-bond acceptors (Lipinski definition) is 9. The SMILES string of the molecule is Cc1nnc(C2(C)C(=O)Nc3nc(-c4cn5ccnc5c(Cc5ccc(F)cc5)n4)nc(N)c32)o1. The van der Waals surface area contributed by atoms with Crippen LogP contribution in [0.25, 0.3) is 17.2 Å². The monoisotopic (exact) mass is 471 g/mol. The molecule has 174 valence electrons. The molecule has 0 saturated heterocycles. The van der Waals surface area contributed by atoms with Crippen molar-refractivity contribution in [2.75, 3.05) is 11.1 Å². The van der Waals surface area contributed by atoms with Crippen molar-refractivity contribution < 1.29 is 13.6 Å². The van der Waals surface area contributed by atoms with Crippen LogP contribution in [0, 0.1) is 12.7 Å². The van der Waals surface area contributed by atoms with Crippen LogP contribution in [0.1, 0.15) is 35.5 Å². The quantitative estimate of drug-likeness (QED) is 0.403. The number of rotatable bonds is 4. The van der Waals surface area contributed by atoms with Gasteiger partial charge in [0.1, 0.15) is 23.1 Å². The Hall–Kier alpha value is -4.74. The number of hydrogen-bond donors (Lipinski definition) is 2. The zero-order valence-corrected chi connectivity index (χ0v) is 18.7. The molecule has 1 atom stereocenters. The van der Waals surface area contributed by atoms with Crippen molar-refractivity contribution in [3.63, 3.8) is 0 Å². The van der Waals surface area contributed by atoms with E-state index < -0.39 is 11.3 Å². The Bertz CT molecular complexity index is 1630. The highest BCUT2D eigenvalue weighted by molar-refractivity contribution is 6.08. The summed E-state index contributed by atoms with van der Waals surface area (Å²) in [5.74, 6) is 0.290. The number of benzene rings is 1. The zero-order valence-electron chi connectivity index (χ0n) is 18.7. The summed E-state index contributed by atoms with van der Waals surface area (Å²) < 4.78 is 20.7. The van der Waals surface area contributed by atoms with Crippen molar-refractivity contribution >= 4 is 23.2 Å². The Morgan fingerprint density at radius 1 is 1.17 bits per heavy atom. The molecule has 0 aliphatic carbocycles. The van der Waals surface area contributed by atoms with Gasteiger partial charge in [-0.05, 0) is 24.6 Å². The van der Waals surface area contributed by atoms with Crippen LogP contribution in [-0.4, -0.2) is 40.4 Å². The Balaban J connectivity index is 1.46. The first-order valence-electron chi connectivity index (χ1n) is 10.7. The minimum Gasteiger partial charge on any atom is -0.424 e. The molecule has 1 unspecified atom stereocenters. The van der Waals surface area contributed by atoms with E-state index in [0.29, 0.717) is 34.9 Å². The van der Waals surface area contributed by atoms with Gasteiger partial charge in [0.2, 0.25) is 17.7 Å². The number of nitrogens with two attached hydrogens (primary N) is 1. The van der Waals surface area contributed by atoms with Gasteiger partial charge in [-0.15, -0.1) is 10.2 Å². The number of nitrogens with zero attached hydrogens (tertiary/aromatic N) is 7. The fraction of sp³-hybridized carbons (Fsp3) is 0.174. The van der Waals surface area contributed by atoms with Gasteiger partial charge in [0.05, 0.1) is 11.3 Å². The van der Waals surface area contributed by atoms with E-state index in [1.807, 2.05) is 0 Å². The molecule has 0 fully saturated rings. The molecular formula is C23H18FN9O2. The topological polar surface area (TPSA) is 150 Å². The molecule has 0 radical (unpaired) electrons. The van der Waals surface area contributed by atoms with E-state index in [4.69, 9.17) is 15.1 Å². The summed E-state index contributed by atoms with van der Waals surface area (Å²) in [6.45, 7) is 3.27. The van der Waals surface area contributed by atoms with E-state index in [1.54, 1.807) is 49.0 Å². The fourth-order valence-corrected chi connectivity index (χ4v) is 4.24. The average molecular weight is 471 g/mol. The van der Waals surface area contributed by atoms with E-state index in [1.165, 1.54) is 12.1 Å². The number of amides is 1. The molecule has 35 heavy (non-hydrogen) atoms. The number of nitrogen functional groups attached to an aromatic ring is 1. The van der Waals surface area contributed by atoms with Crippen LogP contribution in [0.2, 0.25) is 0 Å². The molecule has 1 aliphatic rings. The summed E-state index contributed by atoms with van der Waals surface area (Å²) in [5.41, 5.74) is 7.99. The van der Waals surface area contributed by atoms with E-state index in [0.717, 1.165) is 5.56 Å². The van der Waals surface area contributed by atoms with Crippen LogP contribution < -0.4 is 11.1 Å². The lowest BCUT2D eigenvalue weighted by Gasteiger charge is -2.18. The Morgan fingerprint density at radius 3 is 2.71 bits per heavy atom. The number of nitrogens with one attached hydrogen (secondary N) is 1. The highest BCUT2D eigenvalue weighted by atomic mass is 19.1. The third-order valence-corrected chi connectivity index (χ3v) is 6.03. The number of aromatic nitrogens is 7. The maximum atomic E-state index is 13.3. The molecule has 11 nitrogen and oxygen atoms in total. The largest absolute Gasteiger partial charge is 0.424 e. The lowest BCUT2D eigenvalue weighted by Crippen LogP contribution is -2.33. The second-order valence-electron chi connectivity index (χ2n) is 8.40. The van der Waals surface area contributed by atoms with Crippen LogP contribution in [0.3, 0.4) is 0 Å². The van der Waals surface area contributed by atoms with E-state index >= 15 is 0 Å². The maximum Gasteiger partial charge on any atom is 0.245 e. The van der Waals surface area contributed by atoms with Crippen LogP contribution in [0.4, 0.5) is 16.0 Å². The predicted octanol–water partition coefficient (Wildman–Crippen LogP) is 2.45. The predicted molar refractivity (Wildman–Crippen MR) is 122 cm³/mol. The second-order valence-corrected chi connectivity index (χ2v) is 8.40. The number of carbonyl (C=O) groups excluding carboxylic acids is 1. The van der Waals surface area contributed by atoms with Crippen molar-refractivity contribution in [2.24, 2.45) is 0 Å². The van der Waals surface area contributed by atoms with Gasteiger partial charge in [-0.2, -0.15) is 0 Å². The van der Waals surface area contributed by atoms with Gasteiger partial charge in [-0.25, -0.2) is 24.3 Å². The average Bonchev–Trinajstić information content (AvgIpc) is 3.54. The maximum absolute atomic E-state index is 13.3. The number of anilines is 2. The van der Waals surface area contributed by atoms with Gasteiger partial charge in [-0.3, -0.25) is 4.79 Å². The summed E-state index contributed by atoms with van der Waals surface area (Å²) in [6.07, 6.45) is 5.59. The lowest BCUT2D eigenvalue weighted by molar-refractivity contribution is -0.119. The lowest BCUT2D eigenvalue weighted by atomic mass is 9.84. The van der Waals surface area contributed by atoms with Crippen LogP contribution >= 0.6 is 0 Å². The molecule has 1 aromatic carbocycles. The van der Waals surface area contributed by atoms with Crippen molar-refractivity contribution in [3.05, 3.63) is 77.3 Å². The molecule has 5 aromatic rings. The zero-order chi connectivity index (χ0) is 24.3. The van der Waals surface area contributed by atoms with Gasteiger partial charge in [0.15, 0.2) is 16.9 Å². The Labute approximate surface area is 197 Å². The minimum atomic E-state index is -1.32. The highest BCUT2D eigenvalue weighted by Gasteiger charge is 2.51. The first-order valence-corrected chi connectivity index (χ1v) is 10.7. The molecule has 6 rings (SSSR count). The first-order chi connectivity index (χ1) is 16.8. The van der Waals surface area contributed by atoms with Crippen molar-refractivity contribution in [3.8, 4) is 11.5 Å². The Morgan fingerprint density at radius 2 is 1.97 bits per heavy atom. The van der Waals surface area contributed by atoms with E-state index in [-0.39, 0.29) is 29.2 Å². The van der Waals surface area contributed by atoms with Gasteiger partial charge in [0.25, 0.3) is 0 Å². The number of imidazole rings is 1. The highest BCUT2D eigenvalue weighted by Crippen LogP contribution is 2.44. The normalized spacial score (nSPS) is 17.1. The van der Waals surface area contributed by atoms with Crippen molar-refractivity contribution in [1.29, 1.82) is 0 Å². The number of aryl methyl sites for hydroxylation is 1. The summed E-state index contributed by atoms with van der Waals surface area (Å²) >= 11 is 0. The number of carbonyl (C=O) groups is 1. The molecule has 0 bridgehead atoms. The standard InChI is InChI=1S/C23H18FN9O2/c1-11-31-32-22(35-11)23(2)16-17(25)28-18(29-19(16)30-21(23)34)15-10-33-8-7-26-20(33)14(27-15)9-12-3-5-13(24)6-4-12/h3-8,10H,9H2,1-2H3,(H3,25,28,29,30,34). The van der Waals surface area contributed by atoms with Crippen LogP contribution in [0.5, 0.6) is 0 Å². The van der Waals surface area contributed by atoms with Crippen LogP contribution in [-0.2, 0) is 16.6 Å². The van der Waals surface area contributed by atoms with E-state index in [2.05, 4.69) is 30.5 Å². The van der Waals surface area contributed by atoms with Crippen molar-refractivity contribution in [2.45, 2.75) is 25.7 Å². The fourth-order valence-electron chi connectivity index (χ4n) is 4.24. The molecule has 12 heteroatoms. The number of halogens is 1. The van der Waals surface area contributed by atoms with Crippen molar-refractivity contribution in [1.82, 2.24) is 34.5 Å². The summed E-state index contributed by atoms with van der Waals surface area (Å²) in [7, 11) is 0. The first kappa shape index (κ1) is 20.8. The molecule has 5 heterocycles. The van der Waals surface area contributed by atoms with Gasteiger partial charge in [0, 0.05) is 31.9 Å². The van der Waals surface area contributed by atoms with E-state index in [9.17, 15) is 9.18 Å². The molecule has 3 N–H and O–H groups in total. The number of fused-ring (bicyclic) bond motifs is 2. The van der Waals surface area contributed by atoms with Gasteiger partial charge >= 0.3 is 0 Å². The molecule has 1 aliphatic heterocycles. The molecule has 1 amide bonds.